The van der Waals surface area contributed by atoms with Crippen molar-refractivity contribution in [1.82, 2.24) is 4.98 Å². The van der Waals surface area contributed by atoms with E-state index in [0.717, 1.165) is 26.4 Å². The zero-order valence-corrected chi connectivity index (χ0v) is 17.5. The number of aliphatic carboxylic acids is 1. The maximum atomic E-state index is 13.0. The maximum absolute atomic E-state index is 13.0. The van der Waals surface area contributed by atoms with Gasteiger partial charge in [-0.2, -0.15) is 0 Å². The number of ether oxygens (including phenoxy) is 1. The highest BCUT2D eigenvalue weighted by Crippen LogP contribution is 2.68. The highest BCUT2D eigenvalue weighted by Gasteiger charge is 2.67. The topological polar surface area (TPSA) is 96.5 Å². The van der Waals surface area contributed by atoms with Gasteiger partial charge in [0.1, 0.15) is 5.75 Å². The van der Waals surface area contributed by atoms with E-state index >= 15 is 0 Å². The molecule has 0 amide bonds. The third-order valence-electron chi connectivity index (χ3n) is 6.79. The number of H-pyrrole nitrogens is 1. The molecule has 2 fully saturated rings. The van der Waals surface area contributed by atoms with Crippen LogP contribution in [0.15, 0.2) is 32.5 Å². The number of carboxylic acid groups (broad SMARTS) is 1. The molecule has 2 N–H and O–H groups in total. The summed E-state index contributed by atoms with van der Waals surface area (Å²) in [5, 5.41) is 10.8. The number of hydrogen-bond donors (Lipinski definition) is 2. The number of aromatic nitrogens is 1. The summed E-state index contributed by atoms with van der Waals surface area (Å²) < 4.78 is 6.63. The van der Waals surface area contributed by atoms with Crippen molar-refractivity contribution >= 4 is 51.0 Å². The molecule has 2 saturated carbocycles. The van der Waals surface area contributed by atoms with Gasteiger partial charge in [0.05, 0.1) is 16.9 Å². The molecule has 0 spiro atoms. The van der Waals surface area contributed by atoms with Gasteiger partial charge in [-0.3, -0.25) is 14.4 Å². The SMILES string of the molecule is O=C(O)C1C2CC3C1C(=O)Oc1ccc(Br)cc1C1c4sc(=O)[nH]c4SC2C13. The molecular formula is C19H14BrNO5S2. The van der Waals surface area contributed by atoms with Gasteiger partial charge < -0.3 is 14.8 Å². The normalized spacial score (nSPS) is 36.9. The minimum atomic E-state index is -0.925. The van der Waals surface area contributed by atoms with Crippen LogP contribution in [-0.2, 0) is 9.59 Å². The monoisotopic (exact) mass is 479 g/mol. The standard InChI is InChI=1S/C19H14BrNO5S2/c20-5-1-2-9-6(3-5)10-11-7-4-8(12(17(22)23)13(7)18(24)26-9)14(11)27-16-15(10)28-19(25)21-16/h1-3,7-8,10-14H,4H2,(H,21,25)(H,22,23). The number of carbonyl (C=O) groups is 2. The lowest BCUT2D eigenvalue weighted by Crippen LogP contribution is -2.49. The van der Waals surface area contributed by atoms with Crippen LogP contribution in [-0.4, -0.2) is 27.3 Å². The molecule has 1 aromatic heterocycles. The molecule has 4 aliphatic rings. The van der Waals surface area contributed by atoms with Crippen molar-refractivity contribution in [2.45, 2.75) is 22.6 Å². The van der Waals surface area contributed by atoms with Crippen LogP contribution in [0.1, 0.15) is 22.8 Å². The van der Waals surface area contributed by atoms with E-state index in [1.807, 2.05) is 12.1 Å². The second-order valence-electron chi connectivity index (χ2n) is 7.90. The first-order chi connectivity index (χ1) is 13.4. The Labute approximate surface area is 175 Å². The van der Waals surface area contributed by atoms with Crippen molar-refractivity contribution in [2.75, 3.05) is 0 Å². The molecule has 0 saturated heterocycles. The number of nitrogens with one attached hydrogen (secondary N) is 1. The third-order valence-corrected chi connectivity index (χ3v) is 9.87. The number of halogens is 1. The number of benzene rings is 1. The fraction of sp³-hybridized carbons (Fsp3) is 0.421. The number of rotatable bonds is 1. The maximum Gasteiger partial charge on any atom is 0.315 e. The van der Waals surface area contributed by atoms with Gasteiger partial charge in [0.2, 0.25) is 0 Å². The quantitative estimate of drug-likeness (QED) is 0.481. The van der Waals surface area contributed by atoms with Crippen LogP contribution in [0.5, 0.6) is 5.75 Å². The second-order valence-corrected chi connectivity index (χ2v) is 11.0. The minimum absolute atomic E-state index is 0.0430. The van der Waals surface area contributed by atoms with Gasteiger partial charge in [0.15, 0.2) is 0 Å². The Balaban J connectivity index is 1.64. The number of aromatic amines is 1. The molecule has 6 rings (SSSR count). The van der Waals surface area contributed by atoms with E-state index in [0.29, 0.717) is 5.75 Å². The van der Waals surface area contributed by atoms with Crippen LogP contribution in [0, 0.1) is 29.6 Å². The lowest BCUT2D eigenvalue weighted by molar-refractivity contribution is -0.156. The summed E-state index contributed by atoms with van der Waals surface area (Å²) >= 11 is 6.33. The van der Waals surface area contributed by atoms with Crippen molar-refractivity contribution in [1.29, 1.82) is 0 Å². The van der Waals surface area contributed by atoms with E-state index in [4.69, 9.17) is 4.74 Å². The molecule has 2 bridgehead atoms. The molecule has 7 atom stereocenters. The van der Waals surface area contributed by atoms with Crippen LogP contribution in [0.2, 0.25) is 0 Å². The predicted molar refractivity (Wildman–Crippen MR) is 106 cm³/mol. The van der Waals surface area contributed by atoms with E-state index in [-0.39, 0.29) is 33.8 Å². The largest absolute Gasteiger partial charge is 0.481 e. The molecular weight excluding hydrogens is 466 g/mol. The zero-order chi connectivity index (χ0) is 19.3. The molecule has 2 aromatic rings. The first-order valence-corrected chi connectivity index (χ1v) is 11.6. The van der Waals surface area contributed by atoms with Gasteiger partial charge in [-0.25, -0.2) is 0 Å². The highest BCUT2D eigenvalue weighted by atomic mass is 79.9. The van der Waals surface area contributed by atoms with Gasteiger partial charge in [-0.05, 0) is 42.4 Å². The Bertz CT molecular complexity index is 1110. The molecule has 0 radical (unpaired) electrons. The Morgan fingerprint density at radius 2 is 2.11 bits per heavy atom. The third kappa shape index (κ3) is 2.12. The number of hydrogen-bond acceptors (Lipinski definition) is 6. The second kappa shape index (κ2) is 5.73. The van der Waals surface area contributed by atoms with Gasteiger partial charge in [-0.15, -0.1) is 11.8 Å². The first-order valence-electron chi connectivity index (χ1n) is 9.07. The summed E-state index contributed by atoms with van der Waals surface area (Å²) in [6.07, 6.45) is 0.720. The van der Waals surface area contributed by atoms with Crippen LogP contribution < -0.4 is 9.61 Å². The van der Waals surface area contributed by atoms with Crippen LogP contribution >= 0.6 is 39.0 Å². The predicted octanol–water partition coefficient (Wildman–Crippen LogP) is 3.31. The fourth-order valence-corrected chi connectivity index (χ4v) is 9.23. The lowest BCUT2D eigenvalue weighted by atomic mass is 9.66. The van der Waals surface area contributed by atoms with E-state index in [1.165, 1.54) is 11.3 Å². The number of esters is 1. The lowest BCUT2D eigenvalue weighted by Gasteiger charge is -2.45. The summed E-state index contributed by atoms with van der Waals surface area (Å²) in [5.41, 5.74) is 0.896. The summed E-state index contributed by atoms with van der Waals surface area (Å²) in [4.78, 5) is 41.0. The summed E-state index contributed by atoms with van der Waals surface area (Å²) in [6, 6.07) is 5.54. The Morgan fingerprint density at radius 1 is 1.29 bits per heavy atom. The molecule has 2 aliphatic heterocycles. The number of carbonyl (C=O) groups excluding carboxylic acids is 1. The van der Waals surface area contributed by atoms with Crippen molar-refractivity contribution in [3.8, 4) is 5.75 Å². The van der Waals surface area contributed by atoms with Gasteiger partial charge in [0.25, 0.3) is 0 Å². The Kier molecular flexibility index (Phi) is 3.54. The van der Waals surface area contributed by atoms with Crippen LogP contribution in [0.3, 0.4) is 0 Å². The number of carboxylic acids is 1. The molecule has 3 heterocycles. The molecule has 2 aliphatic carbocycles. The summed E-state index contributed by atoms with van der Waals surface area (Å²) in [7, 11) is 0. The molecule has 7 unspecified atom stereocenters. The number of thiazole rings is 1. The summed E-state index contributed by atoms with van der Waals surface area (Å²) in [6.45, 7) is 0. The van der Waals surface area contributed by atoms with E-state index in [9.17, 15) is 19.5 Å². The zero-order valence-electron chi connectivity index (χ0n) is 14.3. The van der Waals surface area contributed by atoms with Gasteiger partial charge >= 0.3 is 16.8 Å². The van der Waals surface area contributed by atoms with Crippen molar-refractivity contribution in [2.24, 2.45) is 29.6 Å². The van der Waals surface area contributed by atoms with Gasteiger partial charge in [0, 0.05) is 26.1 Å². The minimum Gasteiger partial charge on any atom is -0.481 e. The van der Waals surface area contributed by atoms with Crippen molar-refractivity contribution in [3.63, 3.8) is 0 Å². The van der Waals surface area contributed by atoms with Crippen molar-refractivity contribution < 1.29 is 19.4 Å². The average molecular weight is 480 g/mol. The van der Waals surface area contributed by atoms with E-state index in [1.54, 1.807) is 17.8 Å². The van der Waals surface area contributed by atoms with E-state index in [2.05, 4.69) is 20.9 Å². The molecule has 6 nitrogen and oxygen atoms in total. The fourth-order valence-electron chi connectivity index (χ4n) is 5.97. The molecule has 28 heavy (non-hydrogen) atoms. The molecule has 9 heteroatoms. The van der Waals surface area contributed by atoms with E-state index < -0.39 is 23.8 Å². The number of fused-ring (bicyclic) bond motifs is 6. The summed E-state index contributed by atoms with van der Waals surface area (Å²) in [5.74, 6) is -2.33. The Hall–Kier alpha value is -1.58. The number of thioether (sulfide) groups is 1. The van der Waals surface area contributed by atoms with Gasteiger partial charge in [-0.1, -0.05) is 27.3 Å². The average Bonchev–Trinajstić information content (AvgIpc) is 3.30. The first kappa shape index (κ1) is 17.3. The van der Waals surface area contributed by atoms with Crippen LogP contribution in [0.25, 0.3) is 0 Å². The highest BCUT2D eigenvalue weighted by molar-refractivity contribution is 9.10. The Morgan fingerprint density at radius 3 is 2.89 bits per heavy atom. The molecule has 1 aromatic carbocycles. The smallest absolute Gasteiger partial charge is 0.315 e. The molecule has 144 valence electrons. The van der Waals surface area contributed by atoms with Crippen molar-refractivity contribution in [3.05, 3.63) is 42.8 Å². The van der Waals surface area contributed by atoms with Crippen LogP contribution in [0.4, 0.5) is 0 Å².